The third-order valence-corrected chi connectivity index (χ3v) is 5.49. The van der Waals surface area contributed by atoms with Gasteiger partial charge in [-0.25, -0.2) is 9.82 Å². The first-order valence-electron chi connectivity index (χ1n) is 9.80. The standard InChI is InChI=1S/C24H21ClFIN2O3/c1-3-31-22-12-17(13-28-29-24(30)19-9-4-15(2)10-20(19)25)11-21(27)23(22)32-14-16-5-7-18(26)8-6-16/h4-13H,3,14H2,1-2H3,(H,29,30)/b28-13-. The molecule has 0 radical (unpaired) electrons. The van der Waals surface area contributed by atoms with E-state index in [0.717, 1.165) is 20.3 Å². The molecule has 0 spiro atoms. The molecule has 8 heteroatoms. The van der Waals surface area contributed by atoms with Gasteiger partial charge in [0.25, 0.3) is 5.91 Å². The molecule has 3 aromatic carbocycles. The van der Waals surface area contributed by atoms with Crippen LogP contribution in [0.1, 0.15) is 34.0 Å². The van der Waals surface area contributed by atoms with Crippen molar-refractivity contribution in [1.29, 1.82) is 0 Å². The molecule has 0 atom stereocenters. The van der Waals surface area contributed by atoms with Crippen molar-refractivity contribution in [1.82, 2.24) is 5.43 Å². The highest BCUT2D eigenvalue weighted by Crippen LogP contribution is 2.34. The summed E-state index contributed by atoms with van der Waals surface area (Å²) < 4.78 is 25.6. The Bertz CT molecular complexity index is 1140. The number of amides is 1. The van der Waals surface area contributed by atoms with Crippen molar-refractivity contribution in [3.8, 4) is 11.5 Å². The molecule has 166 valence electrons. The number of carbonyl (C=O) groups excluding carboxylic acids is 1. The second-order valence-electron chi connectivity index (χ2n) is 6.86. The summed E-state index contributed by atoms with van der Waals surface area (Å²) in [5.41, 5.74) is 5.37. The van der Waals surface area contributed by atoms with Gasteiger partial charge in [0.15, 0.2) is 11.5 Å². The molecule has 3 rings (SSSR count). The lowest BCUT2D eigenvalue weighted by Crippen LogP contribution is -2.18. The van der Waals surface area contributed by atoms with Crippen molar-refractivity contribution in [2.75, 3.05) is 6.61 Å². The van der Waals surface area contributed by atoms with Gasteiger partial charge < -0.3 is 9.47 Å². The number of ether oxygens (including phenoxy) is 2. The third kappa shape index (κ3) is 6.43. The zero-order valence-electron chi connectivity index (χ0n) is 17.5. The van der Waals surface area contributed by atoms with Crippen molar-refractivity contribution < 1.29 is 18.7 Å². The van der Waals surface area contributed by atoms with E-state index in [-0.39, 0.29) is 12.4 Å². The Morgan fingerprint density at radius 2 is 1.91 bits per heavy atom. The van der Waals surface area contributed by atoms with Gasteiger partial charge in [-0.05, 0) is 89.5 Å². The van der Waals surface area contributed by atoms with Gasteiger partial charge in [0.2, 0.25) is 0 Å². The molecule has 5 nitrogen and oxygen atoms in total. The monoisotopic (exact) mass is 566 g/mol. The summed E-state index contributed by atoms with van der Waals surface area (Å²) >= 11 is 8.28. The Balaban J connectivity index is 1.72. The fourth-order valence-corrected chi connectivity index (χ4v) is 3.93. The van der Waals surface area contributed by atoms with Crippen LogP contribution in [0.3, 0.4) is 0 Å². The molecule has 32 heavy (non-hydrogen) atoms. The lowest BCUT2D eigenvalue weighted by molar-refractivity contribution is 0.0955. The molecule has 0 saturated carbocycles. The molecule has 0 bridgehead atoms. The molecule has 0 aliphatic heterocycles. The predicted octanol–water partition coefficient (Wildman–Crippen LogP) is 6.13. The van der Waals surface area contributed by atoms with E-state index in [1.54, 1.807) is 30.3 Å². The second-order valence-corrected chi connectivity index (χ2v) is 8.43. The van der Waals surface area contributed by atoms with Crippen LogP contribution < -0.4 is 14.9 Å². The number of benzene rings is 3. The van der Waals surface area contributed by atoms with E-state index < -0.39 is 5.91 Å². The van der Waals surface area contributed by atoms with Gasteiger partial charge in [0.05, 0.1) is 27.0 Å². The Hall–Kier alpha value is -2.65. The number of nitrogens with zero attached hydrogens (tertiary/aromatic N) is 1. The smallest absolute Gasteiger partial charge is 0.272 e. The first-order chi connectivity index (χ1) is 15.4. The lowest BCUT2D eigenvalue weighted by atomic mass is 10.1. The maximum absolute atomic E-state index is 13.1. The summed E-state index contributed by atoms with van der Waals surface area (Å²) in [6, 6.07) is 15.0. The fourth-order valence-electron chi connectivity index (χ4n) is 2.83. The predicted molar refractivity (Wildman–Crippen MR) is 132 cm³/mol. The summed E-state index contributed by atoms with van der Waals surface area (Å²) in [6.45, 7) is 4.50. The van der Waals surface area contributed by atoms with Gasteiger partial charge in [-0.2, -0.15) is 5.10 Å². The van der Waals surface area contributed by atoms with E-state index in [2.05, 4.69) is 33.1 Å². The van der Waals surface area contributed by atoms with E-state index in [4.69, 9.17) is 21.1 Å². The maximum Gasteiger partial charge on any atom is 0.272 e. The van der Waals surface area contributed by atoms with Crippen molar-refractivity contribution in [2.24, 2.45) is 5.10 Å². The summed E-state index contributed by atoms with van der Waals surface area (Å²) in [5, 5.41) is 4.41. The van der Waals surface area contributed by atoms with E-state index in [1.165, 1.54) is 18.3 Å². The number of hydrogen-bond acceptors (Lipinski definition) is 4. The number of carbonyl (C=O) groups is 1. The quantitative estimate of drug-likeness (QED) is 0.203. The molecular weight excluding hydrogens is 546 g/mol. The van der Waals surface area contributed by atoms with Gasteiger partial charge >= 0.3 is 0 Å². The largest absolute Gasteiger partial charge is 0.490 e. The highest BCUT2D eigenvalue weighted by atomic mass is 127. The zero-order valence-corrected chi connectivity index (χ0v) is 20.4. The third-order valence-electron chi connectivity index (χ3n) is 4.38. The first kappa shape index (κ1) is 24.0. The number of hydrazone groups is 1. The molecule has 1 N–H and O–H groups in total. The summed E-state index contributed by atoms with van der Waals surface area (Å²) in [5.74, 6) is 0.448. The van der Waals surface area contributed by atoms with Crippen molar-refractivity contribution in [2.45, 2.75) is 20.5 Å². The van der Waals surface area contributed by atoms with Gasteiger partial charge in [-0.3, -0.25) is 4.79 Å². The van der Waals surface area contributed by atoms with Crippen LogP contribution in [-0.2, 0) is 6.61 Å². The number of aryl methyl sites for hydroxylation is 1. The van der Waals surface area contributed by atoms with Crippen LogP contribution in [0.2, 0.25) is 5.02 Å². The van der Waals surface area contributed by atoms with Crippen LogP contribution in [0.4, 0.5) is 4.39 Å². The molecule has 0 aliphatic carbocycles. The van der Waals surface area contributed by atoms with Crippen LogP contribution in [0.5, 0.6) is 11.5 Å². The summed E-state index contributed by atoms with van der Waals surface area (Å²) in [6.07, 6.45) is 1.52. The highest BCUT2D eigenvalue weighted by Gasteiger charge is 2.13. The average Bonchev–Trinajstić information content (AvgIpc) is 2.74. The van der Waals surface area contributed by atoms with Crippen LogP contribution in [0.15, 0.2) is 59.7 Å². The molecule has 3 aromatic rings. The fraction of sp³-hybridized carbons (Fsp3) is 0.167. The normalized spacial score (nSPS) is 10.9. The first-order valence-corrected chi connectivity index (χ1v) is 11.3. The SMILES string of the molecule is CCOc1cc(/C=N\NC(=O)c2ccc(C)cc2Cl)cc(I)c1OCc1ccc(F)cc1. The van der Waals surface area contributed by atoms with Gasteiger partial charge in [0.1, 0.15) is 12.4 Å². The topological polar surface area (TPSA) is 59.9 Å². The van der Waals surface area contributed by atoms with Crippen LogP contribution in [-0.4, -0.2) is 18.7 Å². The molecule has 0 aromatic heterocycles. The van der Waals surface area contributed by atoms with E-state index in [0.29, 0.717) is 28.7 Å². The van der Waals surface area contributed by atoms with Crippen LogP contribution >= 0.6 is 34.2 Å². The lowest BCUT2D eigenvalue weighted by Gasteiger charge is -2.14. The highest BCUT2D eigenvalue weighted by molar-refractivity contribution is 14.1. The molecule has 1 amide bonds. The Morgan fingerprint density at radius 3 is 2.59 bits per heavy atom. The van der Waals surface area contributed by atoms with Gasteiger partial charge in [-0.15, -0.1) is 0 Å². The molecule has 0 unspecified atom stereocenters. The molecular formula is C24H21ClFIN2O3. The molecule has 0 saturated heterocycles. The minimum Gasteiger partial charge on any atom is -0.490 e. The minimum absolute atomic E-state index is 0.275. The number of hydrogen-bond donors (Lipinski definition) is 1. The Kier molecular flexibility index (Phi) is 8.46. The average molecular weight is 567 g/mol. The molecule has 0 fully saturated rings. The number of halogens is 3. The minimum atomic E-state index is -0.398. The molecule has 0 heterocycles. The van der Waals surface area contributed by atoms with Gasteiger partial charge in [-0.1, -0.05) is 29.8 Å². The van der Waals surface area contributed by atoms with Gasteiger partial charge in [0, 0.05) is 0 Å². The Morgan fingerprint density at radius 1 is 1.16 bits per heavy atom. The van der Waals surface area contributed by atoms with Crippen LogP contribution in [0, 0.1) is 16.3 Å². The van der Waals surface area contributed by atoms with Crippen LogP contribution in [0.25, 0.3) is 0 Å². The molecule has 0 aliphatic rings. The van der Waals surface area contributed by atoms with E-state index >= 15 is 0 Å². The maximum atomic E-state index is 13.1. The summed E-state index contributed by atoms with van der Waals surface area (Å²) in [4.78, 5) is 12.3. The Labute approximate surface area is 204 Å². The summed E-state index contributed by atoms with van der Waals surface area (Å²) in [7, 11) is 0. The zero-order chi connectivity index (χ0) is 23.1. The van der Waals surface area contributed by atoms with E-state index in [9.17, 15) is 9.18 Å². The number of nitrogens with one attached hydrogen (secondary N) is 1. The van der Waals surface area contributed by atoms with Crippen molar-refractivity contribution in [3.63, 3.8) is 0 Å². The van der Waals surface area contributed by atoms with Crippen molar-refractivity contribution >= 4 is 46.3 Å². The second kappa shape index (κ2) is 11.3. The van der Waals surface area contributed by atoms with E-state index in [1.807, 2.05) is 26.0 Å². The number of rotatable bonds is 8. The van der Waals surface area contributed by atoms with Crippen molar-refractivity contribution in [3.05, 3.63) is 91.3 Å².